The summed E-state index contributed by atoms with van der Waals surface area (Å²) in [6.07, 6.45) is -1.77. The average Bonchev–Trinajstić information content (AvgIpc) is 3.67. The van der Waals surface area contributed by atoms with E-state index in [1.54, 1.807) is 17.8 Å². The fraction of sp³-hybridized carbons (Fsp3) is 0.333. The molecule has 51 heavy (non-hydrogen) atoms. The minimum atomic E-state index is -4.55. The van der Waals surface area contributed by atoms with Crippen LogP contribution in [-0.2, 0) is 26.7 Å². The fourth-order valence-electron chi connectivity index (χ4n) is 7.66. The Morgan fingerprint density at radius 3 is 2.33 bits per heavy atom. The lowest BCUT2D eigenvalue weighted by atomic mass is 9.98. The second-order valence-electron chi connectivity index (χ2n) is 13.5. The Kier molecular flexibility index (Phi) is 8.70. The number of benzene rings is 3. The van der Waals surface area contributed by atoms with Gasteiger partial charge in [0.1, 0.15) is 16.9 Å². The van der Waals surface area contributed by atoms with Crippen molar-refractivity contribution in [3.8, 4) is 16.9 Å². The molecular formula is C39H38Cl2F3N5O2. The zero-order valence-corrected chi connectivity index (χ0v) is 30.9. The quantitative estimate of drug-likeness (QED) is 0.0932. The summed E-state index contributed by atoms with van der Waals surface area (Å²) >= 11 is 13.6. The van der Waals surface area contributed by atoms with Crippen molar-refractivity contribution >= 4 is 56.6 Å². The van der Waals surface area contributed by atoms with Gasteiger partial charge in [0, 0.05) is 58.4 Å². The molecule has 1 amide bonds. The molecule has 266 valence electrons. The van der Waals surface area contributed by atoms with Gasteiger partial charge < -0.3 is 13.9 Å². The lowest BCUT2D eigenvalue weighted by molar-refractivity contribution is -0.137. The molecule has 0 fully saturated rings. The van der Waals surface area contributed by atoms with Gasteiger partial charge in [0.25, 0.3) is 5.91 Å². The molecular weight excluding hydrogens is 698 g/mol. The third-order valence-corrected chi connectivity index (χ3v) is 11.3. The molecule has 7 rings (SSSR count). The standard InChI is InChI=1S/C39H38Cl2F3N5O2/c1-20-16-26(17-21(2)34(20)40)51-15-9-12-28-27-10-8-11-29(33-22(3)45-47(7)23(33)4)35(27)48-24(5)37(41)49(38(50)36(28)48)32-19-46(6)31-14-13-25(18-30(31)32)39(42,43)44/h8,10-11,13-14,16-19,24,37H,9,12,15H2,1-7H3/t24-,37?/m1/s1. The third kappa shape index (κ3) is 5.67. The molecule has 7 nitrogen and oxygen atoms in total. The Morgan fingerprint density at radius 2 is 1.69 bits per heavy atom. The number of halogens is 5. The van der Waals surface area contributed by atoms with Gasteiger partial charge in [-0.2, -0.15) is 18.3 Å². The molecule has 0 radical (unpaired) electrons. The molecule has 6 aromatic rings. The molecule has 12 heteroatoms. The van der Waals surface area contributed by atoms with E-state index in [1.165, 1.54) is 11.0 Å². The molecule has 0 saturated carbocycles. The number of carbonyl (C=O) groups excluding carboxylic acids is 1. The number of carbonyl (C=O) groups is 1. The average molecular weight is 737 g/mol. The first kappa shape index (κ1) is 35.0. The van der Waals surface area contributed by atoms with Crippen LogP contribution in [0.4, 0.5) is 18.9 Å². The lowest BCUT2D eigenvalue weighted by Crippen LogP contribution is -2.47. The van der Waals surface area contributed by atoms with Crippen LogP contribution in [0.5, 0.6) is 5.75 Å². The number of aromatic nitrogens is 4. The number of ether oxygens (including phenoxy) is 1. The highest BCUT2D eigenvalue weighted by Gasteiger charge is 2.43. The molecule has 1 aliphatic heterocycles. The summed E-state index contributed by atoms with van der Waals surface area (Å²) in [6, 6.07) is 13.0. The molecule has 0 spiro atoms. The summed E-state index contributed by atoms with van der Waals surface area (Å²) in [5.74, 6) is 0.345. The highest BCUT2D eigenvalue weighted by Crippen LogP contribution is 2.46. The summed E-state index contributed by atoms with van der Waals surface area (Å²) in [7, 11) is 3.65. The van der Waals surface area contributed by atoms with Crippen molar-refractivity contribution < 1.29 is 22.7 Å². The molecule has 0 bridgehead atoms. The molecule has 0 aliphatic carbocycles. The van der Waals surface area contributed by atoms with Crippen LogP contribution in [0.3, 0.4) is 0 Å². The zero-order valence-electron chi connectivity index (χ0n) is 29.4. The summed E-state index contributed by atoms with van der Waals surface area (Å²) in [4.78, 5) is 16.4. The number of rotatable bonds is 7. The van der Waals surface area contributed by atoms with Crippen molar-refractivity contribution in [2.75, 3.05) is 11.5 Å². The first-order valence-corrected chi connectivity index (χ1v) is 17.6. The molecule has 2 atom stereocenters. The van der Waals surface area contributed by atoms with E-state index in [4.69, 9.17) is 27.9 Å². The number of amides is 1. The third-order valence-electron chi connectivity index (χ3n) is 10.2. The van der Waals surface area contributed by atoms with Gasteiger partial charge in [-0.1, -0.05) is 41.4 Å². The molecule has 0 N–H and O–H groups in total. The summed E-state index contributed by atoms with van der Waals surface area (Å²) in [5, 5.41) is 6.59. The largest absolute Gasteiger partial charge is 0.494 e. The zero-order chi connectivity index (χ0) is 36.7. The van der Waals surface area contributed by atoms with Crippen molar-refractivity contribution in [3.05, 3.63) is 99.1 Å². The van der Waals surface area contributed by atoms with Crippen LogP contribution in [0.25, 0.3) is 32.9 Å². The van der Waals surface area contributed by atoms with Gasteiger partial charge in [-0.25, -0.2) is 0 Å². The number of hydrogen-bond donors (Lipinski definition) is 0. The van der Waals surface area contributed by atoms with E-state index in [9.17, 15) is 18.0 Å². The second kappa shape index (κ2) is 12.7. The van der Waals surface area contributed by atoms with Gasteiger partial charge >= 0.3 is 6.18 Å². The van der Waals surface area contributed by atoms with Crippen molar-refractivity contribution in [1.82, 2.24) is 18.9 Å². The minimum absolute atomic E-state index is 0.300. The van der Waals surface area contributed by atoms with Gasteiger partial charge in [0.2, 0.25) is 0 Å². The van der Waals surface area contributed by atoms with Crippen LogP contribution in [0.2, 0.25) is 5.02 Å². The predicted octanol–water partition coefficient (Wildman–Crippen LogP) is 10.2. The summed E-state index contributed by atoms with van der Waals surface area (Å²) in [5.41, 5.74) is 6.96. The Labute approximate surface area is 304 Å². The van der Waals surface area contributed by atoms with Crippen LogP contribution >= 0.6 is 23.2 Å². The van der Waals surface area contributed by atoms with Crippen LogP contribution < -0.4 is 9.64 Å². The Morgan fingerprint density at radius 1 is 0.980 bits per heavy atom. The van der Waals surface area contributed by atoms with Crippen molar-refractivity contribution in [3.63, 3.8) is 0 Å². The van der Waals surface area contributed by atoms with E-state index < -0.39 is 23.3 Å². The molecule has 3 aromatic carbocycles. The Bertz CT molecular complexity index is 2350. The van der Waals surface area contributed by atoms with E-state index in [1.807, 2.05) is 81.2 Å². The van der Waals surface area contributed by atoms with Gasteiger partial charge in [-0.05, 0) is 94.5 Å². The summed E-state index contributed by atoms with van der Waals surface area (Å²) < 4.78 is 53.4. The number of anilines is 1. The van der Waals surface area contributed by atoms with E-state index >= 15 is 0 Å². The molecule has 3 aromatic heterocycles. The lowest BCUT2D eigenvalue weighted by Gasteiger charge is -2.38. The smallest absolute Gasteiger partial charge is 0.416 e. The normalized spacial score (nSPS) is 16.5. The number of alkyl halides is 4. The van der Waals surface area contributed by atoms with Crippen LogP contribution in [0.15, 0.2) is 54.7 Å². The monoisotopic (exact) mass is 735 g/mol. The fourth-order valence-corrected chi connectivity index (χ4v) is 8.08. The van der Waals surface area contributed by atoms with Crippen LogP contribution in [0, 0.1) is 27.7 Å². The van der Waals surface area contributed by atoms with Crippen molar-refractivity contribution in [2.45, 2.75) is 65.2 Å². The van der Waals surface area contributed by atoms with E-state index in [0.29, 0.717) is 46.8 Å². The predicted molar refractivity (Wildman–Crippen MR) is 197 cm³/mol. The van der Waals surface area contributed by atoms with Crippen molar-refractivity contribution in [2.24, 2.45) is 14.1 Å². The minimum Gasteiger partial charge on any atom is -0.494 e. The molecule has 1 aliphatic rings. The van der Waals surface area contributed by atoms with E-state index in [0.717, 1.165) is 68.0 Å². The van der Waals surface area contributed by atoms with E-state index in [2.05, 4.69) is 5.10 Å². The number of para-hydroxylation sites is 1. The molecule has 0 saturated heterocycles. The van der Waals surface area contributed by atoms with E-state index in [-0.39, 0.29) is 5.91 Å². The second-order valence-corrected chi connectivity index (χ2v) is 14.4. The van der Waals surface area contributed by atoms with Gasteiger partial charge in [-0.3, -0.25) is 14.4 Å². The highest BCUT2D eigenvalue weighted by molar-refractivity contribution is 6.32. The topological polar surface area (TPSA) is 57.2 Å². The van der Waals surface area contributed by atoms with Crippen molar-refractivity contribution in [1.29, 1.82) is 0 Å². The SMILES string of the molecule is Cc1cc(OCCCc2c3n(c4c(-c5c(C)nn(C)c5C)cccc24)[C@H](C)C(Cl)N(c2cn(C)c4ccc(C(F)(F)F)cc24)C3=O)cc(C)c1Cl. The first-order valence-electron chi connectivity index (χ1n) is 16.8. The number of nitrogens with zero attached hydrogens (tertiary/aromatic N) is 5. The number of fused-ring (bicyclic) bond motifs is 4. The van der Waals surface area contributed by atoms with Crippen LogP contribution in [-0.4, -0.2) is 36.9 Å². The number of hydrogen-bond acceptors (Lipinski definition) is 3. The molecule has 4 heterocycles. The maximum absolute atomic E-state index is 15.0. The van der Waals surface area contributed by atoms with Crippen LogP contribution in [0.1, 0.15) is 63.5 Å². The van der Waals surface area contributed by atoms with Gasteiger partial charge in [-0.15, -0.1) is 0 Å². The molecule has 1 unspecified atom stereocenters. The van der Waals surface area contributed by atoms with Gasteiger partial charge in [0.15, 0.2) is 0 Å². The summed E-state index contributed by atoms with van der Waals surface area (Å²) in [6.45, 7) is 10.2. The maximum Gasteiger partial charge on any atom is 0.416 e. The number of aryl methyl sites for hydroxylation is 6. The van der Waals surface area contributed by atoms with Gasteiger partial charge in [0.05, 0.1) is 35.1 Å². The first-order chi connectivity index (χ1) is 24.1. The Hall–Kier alpha value is -4.41. The Balaban J connectivity index is 1.38. The highest BCUT2D eigenvalue weighted by atomic mass is 35.5. The maximum atomic E-state index is 15.0.